The zero-order valence-electron chi connectivity index (χ0n) is 11.9. The summed E-state index contributed by atoms with van der Waals surface area (Å²) in [6, 6.07) is 0. The van der Waals surface area contributed by atoms with Crippen molar-refractivity contribution in [1.29, 1.82) is 0 Å². The van der Waals surface area contributed by atoms with Gasteiger partial charge in [-0.25, -0.2) is 0 Å². The lowest BCUT2D eigenvalue weighted by molar-refractivity contribution is -0.162. The molecule has 0 heterocycles. The van der Waals surface area contributed by atoms with Crippen molar-refractivity contribution in [3.8, 4) is 0 Å². The van der Waals surface area contributed by atoms with Gasteiger partial charge in [-0.15, -0.1) is 0 Å². The Morgan fingerprint density at radius 3 is 2.18 bits per heavy atom. The van der Waals surface area contributed by atoms with E-state index >= 15 is 0 Å². The number of hydrogen-bond acceptors (Lipinski definition) is 4. The summed E-state index contributed by atoms with van der Waals surface area (Å²) in [6.07, 6.45) is 0.930. The number of methoxy groups -OCH3 is 1. The van der Waals surface area contributed by atoms with E-state index in [0.29, 0.717) is 19.4 Å². The number of aliphatic hydroxyl groups is 1. The third-order valence-corrected chi connectivity index (χ3v) is 3.07. The van der Waals surface area contributed by atoms with Gasteiger partial charge >= 0.3 is 5.97 Å². The van der Waals surface area contributed by atoms with Crippen LogP contribution < -0.4 is 0 Å². The molecule has 0 spiro atoms. The van der Waals surface area contributed by atoms with E-state index in [-0.39, 0.29) is 5.97 Å². The Balaban J connectivity index is 4.80. The molecule has 0 aliphatic carbocycles. The molecule has 0 amide bonds. The summed E-state index contributed by atoms with van der Waals surface area (Å²) >= 11 is 0. The van der Waals surface area contributed by atoms with Gasteiger partial charge in [0.15, 0.2) is 0 Å². The fraction of sp³-hybridized carbons (Fsp3) is 0.923. The molecule has 0 aliphatic heterocycles. The van der Waals surface area contributed by atoms with Gasteiger partial charge in [0.25, 0.3) is 0 Å². The monoisotopic (exact) mass is 246 g/mol. The van der Waals surface area contributed by atoms with Crippen molar-refractivity contribution in [3.63, 3.8) is 0 Å². The molecule has 1 N–H and O–H groups in total. The molecule has 2 unspecified atom stereocenters. The molecule has 0 aliphatic rings. The quantitative estimate of drug-likeness (QED) is 0.699. The Bertz CT molecular complexity index is 246. The van der Waals surface area contributed by atoms with Crippen LogP contribution in [0.25, 0.3) is 0 Å². The van der Waals surface area contributed by atoms with Gasteiger partial charge in [-0.05, 0) is 34.1 Å². The van der Waals surface area contributed by atoms with Crippen LogP contribution in [0.5, 0.6) is 0 Å². The standard InChI is InChI=1S/C13H26O4/c1-7-10(11(14)17-8-2)13(5,15)9-12(3,4)16-6/h10,15H,7-9H2,1-6H3. The fourth-order valence-electron chi connectivity index (χ4n) is 2.16. The van der Waals surface area contributed by atoms with Crippen LogP contribution >= 0.6 is 0 Å². The van der Waals surface area contributed by atoms with Crippen LogP contribution in [-0.2, 0) is 14.3 Å². The second-order valence-electron chi connectivity index (χ2n) is 5.21. The number of esters is 1. The van der Waals surface area contributed by atoms with Crippen molar-refractivity contribution in [2.75, 3.05) is 13.7 Å². The Kier molecular flexibility index (Phi) is 6.13. The average Bonchev–Trinajstić information content (AvgIpc) is 2.17. The zero-order valence-corrected chi connectivity index (χ0v) is 11.9. The van der Waals surface area contributed by atoms with Crippen LogP contribution in [0.4, 0.5) is 0 Å². The van der Waals surface area contributed by atoms with Crippen LogP contribution in [0, 0.1) is 5.92 Å². The molecule has 17 heavy (non-hydrogen) atoms. The van der Waals surface area contributed by atoms with Gasteiger partial charge in [0.2, 0.25) is 0 Å². The summed E-state index contributed by atoms with van der Waals surface area (Å²) < 4.78 is 10.3. The summed E-state index contributed by atoms with van der Waals surface area (Å²) in [7, 11) is 1.60. The minimum atomic E-state index is -1.12. The van der Waals surface area contributed by atoms with Gasteiger partial charge in [-0.1, -0.05) is 6.92 Å². The number of carbonyl (C=O) groups is 1. The van der Waals surface area contributed by atoms with E-state index in [1.165, 1.54) is 0 Å². The van der Waals surface area contributed by atoms with Gasteiger partial charge < -0.3 is 14.6 Å². The van der Waals surface area contributed by atoms with Crippen molar-refractivity contribution >= 4 is 5.97 Å². The van der Waals surface area contributed by atoms with E-state index in [1.807, 2.05) is 20.8 Å². The number of carbonyl (C=O) groups excluding carboxylic acids is 1. The Labute approximate surface area is 104 Å². The highest BCUT2D eigenvalue weighted by Crippen LogP contribution is 2.31. The third kappa shape index (κ3) is 5.04. The fourth-order valence-corrected chi connectivity index (χ4v) is 2.16. The SMILES string of the molecule is CCOC(=O)C(CC)C(C)(O)CC(C)(C)OC. The van der Waals surface area contributed by atoms with E-state index < -0.39 is 17.1 Å². The molecular weight excluding hydrogens is 220 g/mol. The molecule has 0 aromatic carbocycles. The first-order valence-corrected chi connectivity index (χ1v) is 6.14. The maximum absolute atomic E-state index is 11.8. The first kappa shape index (κ1) is 16.4. The Morgan fingerprint density at radius 1 is 1.29 bits per heavy atom. The molecule has 0 rings (SSSR count). The summed E-state index contributed by atoms with van der Waals surface area (Å²) in [6.45, 7) is 9.41. The van der Waals surface area contributed by atoms with Crippen LogP contribution in [-0.4, -0.2) is 36.0 Å². The molecular formula is C13H26O4. The topological polar surface area (TPSA) is 55.8 Å². The molecule has 4 heteroatoms. The molecule has 0 aromatic rings. The Hall–Kier alpha value is -0.610. The average molecular weight is 246 g/mol. The summed E-state index contributed by atoms with van der Waals surface area (Å²) in [5.41, 5.74) is -1.59. The predicted molar refractivity (Wildman–Crippen MR) is 66.7 cm³/mol. The lowest BCUT2D eigenvalue weighted by Gasteiger charge is -2.36. The second kappa shape index (κ2) is 6.36. The van der Waals surface area contributed by atoms with E-state index in [4.69, 9.17) is 9.47 Å². The van der Waals surface area contributed by atoms with Crippen molar-refractivity contribution in [1.82, 2.24) is 0 Å². The largest absolute Gasteiger partial charge is 0.466 e. The second-order valence-corrected chi connectivity index (χ2v) is 5.21. The van der Waals surface area contributed by atoms with Gasteiger partial charge in [-0.2, -0.15) is 0 Å². The highest BCUT2D eigenvalue weighted by Gasteiger charge is 2.41. The number of rotatable bonds is 7. The minimum absolute atomic E-state index is 0.332. The van der Waals surface area contributed by atoms with Crippen molar-refractivity contribution in [2.45, 2.75) is 58.7 Å². The predicted octanol–water partition coefficient (Wildman–Crippen LogP) is 2.14. The molecule has 0 radical (unpaired) electrons. The maximum atomic E-state index is 11.8. The molecule has 0 bridgehead atoms. The van der Waals surface area contributed by atoms with E-state index in [9.17, 15) is 9.90 Å². The van der Waals surface area contributed by atoms with Gasteiger partial charge in [-0.3, -0.25) is 4.79 Å². The minimum Gasteiger partial charge on any atom is -0.466 e. The first-order chi connectivity index (χ1) is 7.70. The van der Waals surface area contributed by atoms with Crippen LogP contribution in [0.15, 0.2) is 0 Å². The highest BCUT2D eigenvalue weighted by atomic mass is 16.5. The molecule has 0 saturated heterocycles. The van der Waals surface area contributed by atoms with Gasteiger partial charge in [0, 0.05) is 13.5 Å². The van der Waals surface area contributed by atoms with E-state index in [2.05, 4.69) is 0 Å². The smallest absolute Gasteiger partial charge is 0.311 e. The van der Waals surface area contributed by atoms with Gasteiger partial charge in [0.05, 0.1) is 23.7 Å². The summed E-state index contributed by atoms with van der Waals surface area (Å²) in [4.78, 5) is 11.8. The van der Waals surface area contributed by atoms with E-state index in [0.717, 1.165) is 0 Å². The van der Waals surface area contributed by atoms with Crippen molar-refractivity contribution in [2.24, 2.45) is 5.92 Å². The lowest BCUT2D eigenvalue weighted by atomic mass is 9.79. The number of ether oxygens (including phenoxy) is 2. The normalized spacial score (nSPS) is 17.4. The van der Waals surface area contributed by atoms with E-state index in [1.54, 1.807) is 21.0 Å². The van der Waals surface area contributed by atoms with Crippen LogP contribution in [0.1, 0.15) is 47.5 Å². The zero-order chi connectivity index (χ0) is 13.7. The molecule has 0 saturated carbocycles. The Morgan fingerprint density at radius 2 is 1.82 bits per heavy atom. The highest BCUT2D eigenvalue weighted by molar-refractivity contribution is 5.73. The van der Waals surface area contributed by atoms with Crippen LogP contribution in [0.3, 0.4) is 0 Å². The molecule has 2 atom stereocenters. The maximum Gasteiger partial charge on any atom is 0.311 e. The molecule has 102 valence electrons. The first-order valence-electron chi connectivity index (χ1n) is 6.14. The van der Waals surface area contributed by atoms with Crippen molar-refractivity contribution < 1.29 is 19.4 Å². The lowest BCUT2D eigenvalue weighted by Crippen LogP contribution is -2.46. The summed E-state index contributed by atoms with van der Waals surface area (Å²) in [5.74, 6) is -0.858. The molecule has 0 aromatic heterocycles. The van der Waals surface area contributed by atoms with Gasteiger partial charge in [0.1, 0.15) is 0 Å². The summed E-state index contributed by atoms with van der Waals surface area (Å²) in [5, 5.41) is 10.5. The van der Waals surface area contributed by atoms with Crippen molar-refractivity contribution in [3.05, 3.63) is 0 Å². The molecule has 4 nitrogen and oxygen atoms in total. The van der Waals surface area contributed by atoms with Crippen LogP contribution in [0.2, 0.25) is 0 Å². The third-order valence-electron chi connectivity index (χ3n) is 3.07. The molecule has 0 fully saturated rings. The number of hydrogen-bond donors (Lipinski definition) is 1.